The molecule has 0 aliphatic heterocycles. The summed E-state index contributed by atoms with van der Waals surface area (Å²) in [6.45, 7) is 2.80. The van der Waals surface area contributed by atoms with E-state index >= 15 is 0 Å². The van der Waals surface area contributed by atoms with Crippen molar-refractivity contribution < 1.29 is 13.7 Å². The molecule has 3 aromatic rings. The molecule has 0 amide bonds. The van der Waals surface area contributed by atoms with Crippen LogP contribution in [0.25, 0.3) is 11.0 Å². The van der Waals surface area contributed by atoms with E-state index in [1.165, 1.54) is 5.56 Å². The van der Waals surface area contributed by atoms with Crippen molar-refractivity contribution in [3.05, 3.63) is 70.3 Å². The van der Waals surface area contributed by atoms with E-state index in [0.717, 1.165) is 23.8 Å². The number of rotatable bonds is 5. The average molecular weight is 310 g/mol. The first-order chi connectivity index (χ1) is 11.2. The zero-order valence-corrected chi connectivity index (χ0v) is 13.4. The molecule has 0 fully saturated rings. The van der Waals surface area contributed by atoms with Crippen LogP contribution in [0.2, 0.25) is 0 Å². The summed E-state index contributed by atoms with van der Waals surface area (Å²) in [7, 11) is 1.59. The molecule has 0 saturated carbocycles. The Balaban J connectivity index is 1.97. The molecule has 3 rings (SSSR count). The number of aromatic nitrogens is 1. The third kappa shape index (κ3) is 3.42. The molecule has 0 atom stereocenters. The van der Waals surface area contributed by atoms with Gasteiger partial charge in [0.05, 0.1) is 7.11 Å². The summed E-state index contributed by atoms with van der Waals surface area (Å²) in [6.07, 6.45) is 6.32. The van der Waals surface area contributed by atoms with Gasteiger partial charge in [0.25, 0.3) is 0 Å². The van der Waals surface area contributed by atoms with Crippen LogP contribution in [0.3, 0.4) is 0 Å². The normalized spacial score (nSPS) is 10.9. The second kappa shape index (κ2) is 6.65. The highest BCUT2D eigenvalue weighted by molar-refractivity contribution is 5.81. The summed E-state index contributed by atoms with van der Waals surface area (Å²) in [5.41, 5.74) is 2.47. The molecule has 118 valence electrons. The molecule has 0 spiro atoms. The summed E-state index contributed by atoms with van der Waals surface area (Å²) in [4.78, 5) is 11.8. The van der Waals surface area contributed by atoms with Crippen LogP contribution < -0.4 is 14.9 Å². The minimum absolute atomic E-state index is 0.344. The maximum Gasteiger partial charge on any atom is 0.336 e. The maximum absolute atomic E-state index is 11.8. The van der Waals surface area contributed by atoms with Crippen LogP contribution in [0.4, 0.5) is 0 Å². The van der Waals surface area contributed by atoms with Crippen LogP contribution in [0.1, 0.15) is 24.5 Å². The van der Waals surface area contributed by atoms with Gasteiger partial charge in [-0.3, -0.25) is 0 Å². The third-order valence-corrected chi connectivity index (χ3v) is 3.89. The van der Waals surface area contributed by atoms with E-state index in [9.17, 15) is 4.79 Å². The quantitative estimate of drug-likeness (QED) is 0.537. The SMILES string of the molecule is CCCc1cc[n+](Cc2cc(=O)oc3cc(OC)ccc23)cc1. The summed E-state index contributed by atoms with van der Waals surface area (Å²) in [5.74, 6) is 0.675. The molecule has 0 unspecified atom stereocenters. The fourth-order valence-electron chi connectivity index (χ4n) is 2.71. The van der Waals surface area contributed by atoms with Crippen molar-refractivity contribution >= 4 is 11.0 Å². The first kappa shape index (κ1) is 15.3. The van der Waals surface area contributed by atoms with Crippen molar-refractivity contribution in [3.8, 4) is 5.75 Å². The first-order valence-corrected chi connectivity index (χ1v) is 7.78. The van der Waals surface area contributed by atoms with E-state index in [-0.39, 0.29) is 5.63 Å². The molecule has 0 bridgehead atoms. The van der Waals surface area contributed by atoms with Gasteiger partial charge < -0.3 is 9.15 Å². The molecule has 2 heterocycles. The van der Waals surface area contributed by atoms with Gasteiger partial charge in [0, 0.05) is 35.2 Å². The lowest BCUT2D eigenvalue weighted by atomic mass is 10.1. The maximum atomic E-state index is 11.8. The standard InChI is InChI=1S/C19H20NO3/c1-3-4-14-7-9-20(10-8-14)13-15-11-19(21)23-18-12-16(22-2)5-6-17(15)18/h5-12H,3-4,13H2,1-2H3/q+1. The molecule has 0 radical (unpaired) electrons. The topological polar surface area (TPSA) is 43.3 Å². The number of benzene rings is 1. The van der Waals surface area contributed by atoms with Crippen molar-refractivity contribution in [1.82, 2.24) is 0 Å². The summed E-state index contributed by atoms with van der Waals surface area (Å²) in [5, 5.41) is 0.926. The van der Waals surface area contributed by atoms with Gasteiger partial charge in [-0.2, -0.15) is 0 Å². The Morgan fingerprint density at radius 1 is 1.13 bits per heavy atom. The number of ether oxygens (including phenoxy) is 1. The van der Waals surface area contributed by atoms with Crippen molar-refractivity contribution in [1.29, 1.82) is 0 Å². The number of fused-ring (bicyclic) bond motifs is 1. The first-order valence-electron chi connectivity index (χ1n) is 7.78. The van der Waals surface area contributed by atoms with Gasteiger partial charge in [-0.05, 0) is 24.1 Å². The second-order valence-corrected chi connectivity index (χ2v) is 5.58. The molecular weight excluding hydrogens is 290 g/mol. The largest absolute Gasteiger partial charge is 0.497 e. The Morgan fingerprint density at radius 2 is 1.91 bits per heavy atom. The number of methoxy groups -OCH3 is 1. The predicted molar refractivity (Wildman–Crippen MR) is 88.8 cm³/mol. The van der Waals surface area contributed by atoms with Crippen molar-refractivity contribution in [2.45, 2.75) is 26.3 Å². The number of pyridine rings is 1. The predicted octanol–water partition coefficient (Wildman–Crippen LogP) is 3.09. The lowest BCUT2D eigenvalue weighted by Crippen LogP contribution is -2.33. The zero-order valence-electron chi connectivity index (χ0n) is 13.4. The summed E-state index contributed by atoms with van der Waals surface area (Å²) in [6, 6.07) is 11.4. The van der Waals surface area contributed by atoms with E-state index in [2.05, 4.69) is 36.0 Å². The van der Waals surface area contributed by atoms with Crippen molar-refractivity contribution in [3.63, 3.8) is 0 Å². The van der Waals surface area contributed by atoms with Gasteiger partial charge >= 0.3 is 5.63 Å². The third-order valence-electron chi connectivity index (χ3n) is 3.89. The van der Waals surface area contributed by atoms with Gasteiger partial charge in [-0.15, -0.1) is 0 Å². The van der Waals surface area contributed by atoms with E-state index in [0.29, 0.717) is 17.9 Å². The minimum atomic E-state index is -0.344. The highest BCUT2D eigenvalue weighted by Crippen LogP contribution is 2.22. The smallest absolute Gasteiger partial charge is 0.336 e. The van der Waals surface area contributed by atoms with Gasteiger partial charge in [0.2, 0.25) is 0 Å². The molecule has 23 heavy (non-hydrogen) atoms. The molecule has 0 saturated heterocycles. The van der Waals surface area contributed by atoms with Crippen LogP contribution in [-0.2, 0) is 13.0 Å². The average Bonchev–Trinajstić information content (AvgIpc) is 2.56. The fraction of sp³-hybridized carbons (Fsp3) is 0.263. The molecule has 1 aromatic carbocycles. The molecular formula is C19H20NO3+. The molecule has 0 aliphatic rings. The van der Waals surface area contributed by atoms with E-state index in [1.807, 2.05) is 12.1 Å². The Kier molecular flexibility index (Phi) is 4.42. The number of hydrogen-bond acceptors (Lipinski definition) is 3. The molecule has 0 N–H and O–H groups in total. The van der Waals surface area contributed by atoms with Crippen LogP contribution in [0, 0.1) is 0 Å². The number of aryl methyl sites for hydroxylation is 1. The Bertz CT molecular complexity index is 866. The van der Waals surface area contributed by atoms with Gasteiger partial charge in [-0.25, -0.2) is 9.36 Å². The zero-order chi connectivity index (χ0) is 16.2. The lowest BCUT2D eigenvalue weighted by Gasteiger charge is -2.05. The van der Waals surface area contributed by atoms with Crippen LogP contribution in [-0.4, -0.2) is 7.11 Å². The minimum Gasteiger partial charge on any atom is -0.497 e. The van der Waals surface area contributed by atoms with Crippen LogP contribution >= 0.6 is 0 Å². The lowest BCUT2D eigenvalue weighted by molar-refractivity contribution is -0.688. The summed E-state index contributed by atoms with van der Waals surface area (Å²) >= 11 is 0. The van der Waals surface area contributed by atoms with E-state index in [1.54, 1.807) is 19.2 Å². The van der Waals surface area contributed by atoms with Gasteiger partial charge in [0.1, 0.15) is 11.3 Å². The molecule has 4 heteroatoms. The molecule has 4 nitrogen and oxygen atoms in total. The number of hydrogen-bond donors (Lipinski definition) is 0. The van der Waals surface area contributed by atoms with Gasteiger partial charge in [0.15, 0.2) is 18.9 Å². The highest BCUT2D eigenvalue weighted by atomic mass is 16.5. The Hall–Kier alpha value is -2.62. The van der Waals surface area contributed by atoms with Crippen molar-refractivity contribution in [2.75, 3.05) is 7.11 Å². The molecule has 2 aromatic heterocycles. The molecule has 0 aliphatic carbocycles. The van der Waals surface area contributed by atoms with Crippen LogP contribution in [0.15, 0.2) is 58.0 Å². The second-order valence-electron chi connectivity index (χ2n) is 5.58. The van der Waals surface area contributed by atoms with E-state index < -0.39 is 0 Å². The fourth-order valence-corrected chi connectivity index (χ4v) is 2.71. The highest BCUT2D eigenvalue weighted by Gasteiger charge is 2.11. The van der Waals surface area contributed by atoms with E-state index in [4.69, 9.17) is 9.15 Å². The van der Waals surface area contributed by atoms with Crippen molar-refractivity contribution in [2.24, 2.45) is 0 Å². The van der Waals surface area contributed by atoms with Gasteiger partial charge in [-0.1, -0.05) is 13.3 Å². The monoisotopic (exact) mass is 310 g/mol. The Labute approximate surface area is 135 Å². The van der Waals surface area contributed by atoms with Crippen LogP contribution in [0.5, 0.6) is 5.75 Å². The summed E-state index contributed by atoms with van der Waals surface area (Å²) < 4.78 is 12.5. The Morgan fingerprint density at radius 3 is 2.61 bits per heavy atom. The number of nitrogens with zero attached hydrogens (tertiary/aromatic N) is 1.